The molecule has 0 aliphatic heterocycles. The summed E-state index contributed by atoms with van der Waals surface area (Å²) in [5.74, 6) is 0. The smallest absolute Gasteiger partial charge is 0.192 e. The lowest BCUT2D eigenvalue weighted by Crippen LogP contribution is -2.01. The molecule has 0 radical (unpaired) electrons. The first-order valence-electron chi connectivity index (χ1n) is 3.32. The fourth-order valence-corrected chi connectivity index (χ4v) is 2.72. The van der Waals surface area contributed by atoms with Gasteiger partial charge in [-0.25, -0.2) is 8.42 Å². The van der Waals surface area contributed by atoms with Crippen LogP contribution >= 0.6 is 50.7 Å². The lowest BCUT2D eigenvalue weighted by molar-refractivity contribution is 0.600. The van der Waals surface area contributed by atoms with Gasteiger partial charge in [0, 0.05) is 0 Å². The second kappa shape index (κ2) is 4.58. The van der Waals surface area contributed by atoms with E-state index in [4.69, 9.17) is 34.8 Å². The first-order valence-corrected chi connectivity index (χ1v) is 7.05. The largest absolute Gasteiger partial charge is 0.222 e. The maximum atomic E-state index is 11.4. The molecule has 0 aliphatic rings. The summed E-state index contributed by atoms with van der Waals surface area (Å²) in [4.78, 5) is 0.0192. The van der Waals surface area contributed by atoms with Gasteiger partial charge in [-0.2, -0.15) is 0 Å². The number of hydrogen-bond acceptors (Lipinski definition) is 2. The predicted octanol–water partition coefficient (Wildman–Crippen LogP) is 3.73. The highest BCUT2D eigenvalue weighted by molar-refractivity contribution is 9.10. The van der Waals surface area contributed by atoms with Crippen molar-refractivity contribution in [1.82, 2.24) is 0 Å². The van der Waals surface area contributed by atoms with Gasteiger partial charge in [0.15, 0.2) is 9.84 Å². The molecule has 0 saturated heterocycles. The van der Waals surface area contributed by atoms with Crippen molar-refractivity contribution in [1.29, 1.82) is 0 Å². The summed E-state index contributed by atoms with van der Waals surface area (Å²) in [5.41, 5.74) is 0. The lowest BCUT2D eigenvalue weighted by atomic mass is 10.4. The van der Waals surface area contributed by atoms with E-state index in [9.17, 15) is 8.42 Å². The van der Waals surface area contributed by atoms with Gasteiger partial charge < -0.3 is 0 Å². The van der Waals surface area contributed by atoms with Crippen molar-refractivity contribution in [2.75, 3.05) is 5.21 Å². The Hall–Kier alpha value is 0.520. The monoisotopic (exact) mass is 336 g/mol. The molecule has 7 heteroatoms. The van der Waals surface area contributed by atoms with E-state index in [1.165, 1.54) is 12.1 Å². The maximum Gasteiger partial charge on any atom is 0.192 e. The number of alkyl halides is 1. The second-order valence-electron chi connectivity index (χ2n) is 2.42. The van der Waals surface area contributed by atoms with Crippen molar-refractivity contribution in [3.63, 3.8) is 0 Å². The molecule has 0 atom stereocenters. The van der Waals surface area contributed by atoms with Gasteiger partial charge >= 0.3 is 0 Å². The van der Waals surface area contributed by atoms with Crippen LogP contribution < -0.4 is 0 Å². The van der Waals surface area contributed by atoms with Crippen LogP contribution in [0, 0.1) is 0 Å². The zero-order chi connectivity index (χ0) is 10.9. The summed E-state index contributed by atoms with van der Waals surface area (Å²) in [6, 6.07) is 2.60. The van der Waals surface area contributed by atoms with Crippen LogP contribution in [0.5, 0.6) is 0 Å². The van der Waals surface area contributed by atoms with Crippen LogP contribution in [0.4, 0.5) is 0 Å². The number of benzene rings is 1. The topological polar surface area (TPSA) is 34.1 Å². The Kier molecular flexibility index (Phi) is 4.11. The van der Waals surface area contributed by atoms with Gasteiger partial charge in [0.1, 0.15) is 5.21 Å². The maximum absolute atomic E-state index is 11.4. The fraction of sp³-hybridized carbons (Fsp3) is 0.143. The van der Waals surface area contributed by atoms with Crippen molar-refractivity contribution in [2.24, 2.45) is 0 Å². The molecule has 0 fully saturated rings. The SMILES string of the molecule is O=S(=O)(CCl)c1cc(Cl)c(Br)c(Cl)c1. The van der Waals surface area contributed by atoms with E-state index in [0.29, 0.717) is 4.47 Å². The second-order valence-corrected chi connectivity index (χ2v) is 6.61. The molecule has 0 unspecified atom stereocenters. The Balaban J connectivity index is 3.41. The molecule has 1 aromatic carbocycles. The molecule has 14 heavy (non-hydrogen) atoms. The molecule has 78 valence electrons. The molecule has 0 aliphatic carbocycles. The molecular formula is C7H4BrCl3O2S. The minimum Gasteiger partial charge on any atom is -0.222 e. The van der Waals surface area contributed by atoms with E-state index in [-0.39, 0.29) is 14.9 Å². The van der Waals surface area contributed by atoms with E-state index in [1.807, 2.05) is 0 Å². The van der Waals surface area contributed by atoms with E-state index in [1.54, 1.807) is 0 Å². The van der Waals surface area contributed by atoms with Crippen LogP contribution in [-0.4, -0.2) is 13.6 Å². The highest BCUT2D eigenvalue weighted by Gasteiger charge is 2.16. The van der Waals surface area contributed by atoms with Gasteiger partial charge in [0.25, 0.3) is 0 Å². The van der Waals surface area contributed by atoms with Crippen LogP contribution in [0.2, 0.25) is 10.0 Å². The lowest BCUT2D eigenvalue weighted by Gasteiger charge is -2.04. The third-order valence-electron chi connectivity index (χ3n) is 1.46. The average Bonchev–Trinajstić information content (AvgIpc) is 2.13. The molecule has 0 N–H and O–H groups in total. The highest BCUT2D eigenvalue weighted by Crippen LogP contribution is 2.33. The molecule has 0 saturated carbocycles. The zero-order valence-electron chi connectivity index (χ0n) is 6.60. The molecule has 0 spiro atoms. The molecule has 0 heterocycles. The first kappa shape index (κ1) is 12.6. The Morgan fingerprint density at radius 3 is 2.00 bits per heavy atom. The minimum atomic E-state index is -3.48. The van der Waals surface area contributed by atoms with Crippen molar-refractivity contribution in [2.45, 2.75) is 4.90 Å². The van der Waals surface area contributed by atoms with Gasteiger partial charge in [-0.3, -0.25) is 0 Å². The number of halogens is 4. The van der Waals surface area contributed by atoms with Crippen molar-refractivity contribution < 1.29 is 8.42 Å². The van der Waals surface area contributed by atoms with E-state index in [0.717, 1.165) is 0 Å². The van der Waals surface area contributed by atoms with E-state index < -0.39 is 15.0 Å². The van der Waals surface area contributed by atoms with Gasteiger partial charge in [-0.15, -0.1) is 11.6 Å². The van der Waals surface area contributed by atoms with Gasteiger partial charge in [-0.05, 0) is 28.1 Å². The molecular weight excluding hydrogens is 334 g/mol. The summed E-state index contributed by atoms with van der Waals surface area (Å²) in [5, 5.41) is -0.0243. The van der Waals surface area contributed by atoms with Crippen LogP contribution in [0.25, 0.3) is 0 Å². The Bertz CT molecular complexity index is 435. The van der Waals surface area contributed by atoms with Crippen molar-refractivity contribution in [3.8, 4) is 0 Å². The number of rotatable bonds is 2. The van der Waals surface area contributed by atoms with Crippen LogP contribution in [-0.2, 0) is 9.84 Å². The Labute approximate surface area is 105 Å². The third-order valence-corrected chi connectivity index (χ3v) is 5.47. The third kappa shape index (κ3) is 2.55. The van der Waals surface area contributed by atoms with E-state index >= 15 is 0 Å². The van der Waals surface area contributed by atoms with Crippen LogP contribution in [0.15, 0.2) is 21.5 Å². The summed E-state index contributed by atoms with van der Waals surface area (Å²) in [7, 11) is -3.48. The highest BCUT2D eigenvalue weighted by atomic mass is 79.9. The summed E-state index contributed by atoms with van der Waals surface area (Å²) in [6.45, 7) is 0. The number of sulfone groups is 1. The van der Waals surface area contributed by atoms with Gasteiger partial charge in [-0.1, -0.05) is 23.2 Å². The summed E-state index contributed by atoms with van der Waals surface area (Å²) >= 11 is 19.9. The van der Waals surface area contributed by atoms with Gasteiger partial charge in [0.2, 0.25) is 0 Å². The first-order chi connectivity index (χ1) is 6.38. The Morgan fingerprint density at radius 2 is 1.64 bits per heavy atom. The molecule has 2 nitrogen and oxygen atoms in total. The standard InChI is InChI=1S/C7H4BrCl3O2S/c8-7-5(10)1-4(2-6(7)11)14(12,13)3-9/h1-2H,3H2. The van der Waals surface area contributed by atoms with Crippen LogP contribution in [0.1, 0.15) is 0 Å². The number of hydrogen-bond donors (Lipinski definition) is 0. The minimum absolute atomic E-state index is 0.0192. The van der Waals surface area contributed by atoms with Crippen molar-refractivity contribution >= 4 is 60.6 Å². The molecule has 1 aromatic rings. The summed E-state index contributed by atoms with van der Waals surface area (Å²) < 4.78 is 23.2. The average molecular weight is 338 g/mol. The normalized spacial score (nSPS) is 11.7. The van der Waals surface area contributed by atoms with Crippen LogP contribution in [0.3, 0.4) is 0 Å². The molecule has 0 bridgehead atoms. The summed E-state index contributed by atoms with van der Waals surface area (Å²) in [6.07, 6.45) is 0. The predicted molar refractivity (Wildman–Crippen MR) is 62.1 cm³/mol. The molecule has 0 aromatic heterocycles. The zero-order valence-corrected chi connectivity index (χ0v) is 11.3. The fourth-order valence-electron chi connectivity index (χ4n) is 0.775. The Morgan fingerprint density at radius 1 is 1.21 bits per heavy atom. The molecule has 0 amide bonds. The van der Waals surface area contributed by atoms with Gasteiger partial charge in [0.05, 0.1) is 19.4 Å². The molecule has 1 rings (SSSR count). The quantitative estimate of drug-likeness (QED) is 0.608. The van der Waals surface area contributed by atoms with E-state index in [2.05, 4.69) is 15.9 Å². The van der Waals surface area contributed by atoms with Crippen molar-refractivity contribution in [3.05, 3.63) is 26.7 Å².